The third-order valence-corrected chi connectivity index (χ3v) is 3.69. The fraction of sp³-hybridized carbons (Fsp3) is 0.143. The van der Waals surface area contributed by atoms with Crippen molar-refractivity contribution in [1.29, 1.82) is 0 Å². The maximum absolute atomic E-state index is 11.1. The molecule has 0 aliphatic carbocycles. The molecule has 0 aliphatic rings. The van der Waals surface area contributed by atoms with Crippen molar-refractivity contribution in [2.75, 3.05) is 0 Å². The van der Waals surface area contributed by atoms with Crippen molar-refractivity contribution in [2.24, 2.45) is 5.73 Å². The number of thioether (sulfide) groups is 1. The first-order chi connectivity index (χ1) is 9.08. The number of imidazole rings is 1. The summed E-state index contributed by atoms with van der Waals surface area (Å²) in [5.41, 5.74) is 6.43. The smallest absolute Gasteiger partial charge is 0.237 e. The zero-order valence-corrected chi connectivity index (χ0v) is 11.3. The third kappa shape index (κ3) is 3.26. The molecule has 0 fully saturated rings. The first-order valence-electron chi connectivity index (χ1n) is 5.77. The number of hydrogen-bond acceptors (Lipinski definition) is 3. The van der Waals surface area contributed by atoms with Gasteiger partial charge in [-0.3, -0.25) is 4.79 Å². The summed E-state index contributed by atoms with van der Waals surface area (Å²) < 4.78 is 1.71. The Morgan fingerprint density at radius 3 is 2.63 bits per heavy atom. The van der Waals surface area contributed by atoms with Gasteiger partial charge in [-0.25, -0.2) is 4.98 Å². The predicted molar refractivity (Wildman–Crippen MR) is 77.7 cm³/mol. The maximum atomic E-state index is 11.1. The van der Waals surface area contributed by atoms with Crippen LogP contribution in [0.5, 0.6) is 0 Å². The largest absolute Gasteiger partial charge is 0.368 e. The molecule has 2 N–H and O–H groups in total. The van der Waals surface area contributed by atoms with Crippen LogP contribution in [0.15, 0.2) is 35.5 Å². The van der Waals surface area contributed by atoms with Crippen LogP contribution in [0.1, 0.15) is 5.56 Å². The molecular formula is C14H15N3OS. The van der Waals surface area contributed by atoms with Gasteiger partial charge in [-0.05, 0) is 5.56 Å². The highest BCUT2D eigenvalue weighted by molar-refractivity contribution is 7.98. The van der Waals surface area contributed by atoms with Crippen molar-refractivity contribution in [3.05, 3.63) is 46.6 Å². The summed E-state index contributed by atoms with van der Waals surface area (Å²) in [7, 11) is 0. The molecule has 0 unspecified atom stereocenters. The summed E-state index contributed by atoms with van der Waals surface area (Å²) in [5.74, 6) is 0.360. The second kappa shape index (κ2) is 5.75. The van der Waals surface area contributed by atoms with Crippen LogP contribution in [0.2, 0.25) is 0 Å². The summed E-state index contributed by atoms with van der Waals surface area (Å²) in [4.78, 5) is 15.4. The van der Waals surface area contributed by atoms with E-state index >= 15 is 0 Å². The molecule has 0 radical (unpaired) electrons. The van der Waals surface area contributed by atoms with Gasteiger partial charge in [-0.2, -0.15) is 0 Å². The van der Waals surface area contributed by atoms with E-state index in [1.54, 1.807) is 16.3 Å². The van der Waals surface area contributed by atoms with Crippen molar-refractivity contribution < 1.29 is 4.79 Å². The standard InChI is InChI=1S/C14H15N3OS/c1-10-11(2)17(8-13(15)18)14(16-10)19-9-12-6-4-3-5-7-12/h3-7H,1-2,8-9H2,(H2,15,18). The molecule has 2 rings (SSSR count). The van der Waals surface area contributed by atoms with E-state index in [0.717, 1.165) is 10.9 Å². The lowest BCUT2D eigenvalue weighted by molar-refractivity contribution is -0.118. The molecule has 0 bridgehead atoms. The summed E-state index contributed by atoms with van der Waals surface area (Å²) in [6.45, 7) is 7.75. The number of aromatic nitrogens is 2. The van der Waals surface area contributed by atoms with E-state index < -0.39 is 5.91 Å². The van der Waals surface area contributed by atoms with Crippen LogP contribution in [0.4, 0.5) is 0 Å². The van der Waals surface area contributed by atoms with E-state index in [2.05, 4.69) is 18.1 Å². The van der Waals surface area contributed by atoms with Gasteiger partial charge in [0.1, 0.15) is 6.54 Å². The molecule has 0 spiro atoms. The number of primary amides is 1. The summed E-state index contributed by atoms with van der Waals surface area (Å²) in [6, 6.07) is 10.1. The highest BCUT2D eigenvalue weighted by Gasteiger charge is 2.09. The van der Waals surface area contributed by atoms with Gasteiger partial charge in [0, 0.05) is 5.75 Å². The Balaban J connectivity index is 2.21. The topological polar surface area (TPSA) is 60.9 Å². The van der Waals surface area contributed by atoms with Gasteiger partial charge < -0.3 is 10.3 Å². The SMILES string of the molecule is C=c1nc(SCc2ccccc2)n(CC(N)=O)c1=C. The summed E-state index contributed by atoms with van der Waals surface area (Å²) >= 11 is 1.54. The lowest BCUT2D eigenvalue weighted by atomic mass is 10.2. The Morgan fingerprint density at radius 2 is 2.00 bits per heavy atom. The molecule has 0 saturated heterocycles. The van der Waals surface area contributed by atoms with E-state index in [1.807, 2.05) is 30.3 Å². The van der Waals surface area contributed by atoms with E-state index in [1.165, 1.54) is 5.56 Å². The highest BCUT2D eigenvalue weighted by Crippen LogP contribution is 2.18. The van der Waals surface area contributed by atoms with Crippen LogP contribution in [0.25, 0.3) is 13.2 Å². The predicted octanol–water partition coefficient (Wildman–Crippen LogP) is 0.481. The van der Waals surface area contributed by atoms with Crippen LogP contribution < -0.4 is 16.4 Å². The number of hydrogen-bond donors (Lipinski definition) is 1. The Hall–Kier alpha value is -2.01. The van der Waals surface area contributed by atoms with Gasteiger partial charge in [-0.1, -0.05) is 55.3 Å². The molecule has 4 nitrogen and oxygen atoms in total. The van der Waals surface area contributed by atoms with Gasteiger partial charge in [0.15, 0.2) is 5.16 Å². The molecule has 98 valence electrons. The lowest BCUT2D eigenvalue weighted by Gasteiger charge is -2.05. The van der Waals surface area contributed by atoms with Crippen LogP contribution in [-0.4, -0.2) is 15.5 Å². The monoisotopic (exact) mass is 273 g/mol. The fourth-order valence-corrected chi connectivity index (χ4v) is 2.66. The number of amides is 1. The van der Waals surface area contributed by atoms with Gasteiger partial charge in [-0.15, -0.1) is 0 Å². The van der Waals surface area contributed by atoms with Crippen molar-refractivity contribution in [2.45, 2.75) is 17.5 Å². The van der Waals surface area contributed by atoms with Gasteiger partial charge in [0.05, 0.1) is 10.7 Å². The highest BCUT2D eigenvalue weighted by atomic mass is 32.2. The Kier molecular flexibility index (Phi) is 4.06. The molecule has 2 aromatic rings. The van der Waals surface area contributed by atoms with Crippen molar-refractivity contribution in [3.63, 3.8) is 0 Å². The van der Waals surface area contributed by atoms with Crippen LogP contribution in [0.3, 0.4) is 0 Å². The number of carbonyl (C=O) groups is 1. The second-order valence-electron chi connectivity index (χ2n) is 4.11. The van der Waals surface area contributed by atoms with Crippen molar-refractivity contribution >= 4 is 30.8 Å². The minimum Gasteiger partial charge on any atom is -0.368 e. The third-order valence-electron chi connectivity index (χ3n) is 2.65. The van der Waals surface area contributed by atoms with Crippen LogP contribution in [0, 0.1) is 0 Å². The Morgan fingerprint density at radius 1 is 1.32 bits per heavy atom. The minimum absolute atomic E-state index is 0.0818. The number of rotatable bonds is 5. The lowest BCUT2D eigenvalue weighted by Crippen LogP contribution is -2.31. The van der Waals surface area contributed by atoms with Crippen LogP contribution in [-0.2, 0) is 17.1 Å². The van der Waals surface area contributed by atoms with E-state index in [-0.39, 0.29) is 6.54 Å². The van der Waals surface area contributed by atoms with E-state index in [0.29, 0.717) is 10.7 Å². The molecule has 1 amide bonds. The average molecular weight is 273 g/mol. The number of carbonyl (C=O) groups excluding carboxylic acids is 1. The fourth-order valence-electron chi connectivity index (χ4n) is 1.66. The van der Waals surface area contributed by atoms with Gasteiger partial charge in [0.2, 0.25) is 5.91 Å². The normalized spacial score (nSPS) is 10.5. The van der Waals surface area contributed by atoms with E-state index in [4.69, 9.17) is 5.73 Å². The number of nitrogens with zero attached hydrogens (tertiary/aromatic N) is 2. The number of nitrogens with two attached hydrogens (primary N) is 1. The van der Waals surface area contributed by atoms with E-state index in [9.17, 15) is 4.79 Å². The zero-order valence-electron chi connectivity index (χ0n) is 10.5. The van der Waals surface area contributed by atoms with Crippen molar-refractivity contribution in [1.82, 2.24) is 9.55 Å². The molecule has 1 aromatic heterocycles. The van der Waals surface area contributed by atoms with Gasteiger partial charge >= 0.3 is 0 Å². The molecule has 0 atom stereocenters. The molecule has 0 saturated carbocycles. The second-order valence-corrected chi connectivity index (χ2v) is 5.06. The van der Waals surface area contributed by atoms with Gasteiger partial charge in [0.25, 0.3) is 0 Å². The van der Waals surface area contributed by atoms with Crippen LogP contribution >= 0.6 is 11.8 Å². The molecular weight excluding hydrogens is 258 g/mol. The molecule has 1 aromatic carbocycles. The molecule has 0 aliphatic heterocycles. The molecule has 5 heteroatoms. The molecule has 19 heavy (non-hydrogen) atoms. The minimum atomic E-state index is -0.413. The Labute approximate surface area is 115 Å². The zero-order chi connectivity index (χ0) is 13.8. The average Bonchev–Trinajstić information content (AvgIpc) is 2.65. The Bertz CT molecular complexity index is 679. The maximum Gasteiger partial charge on any atom is 0.237 e. The molecule has 1 heterocycles. The quantitative estimate of drug-likeness (QED) is 0.806. The summed E-state index contributed by atoms with van der Waals surface area (Å²) in [6.07, 6.45) is 0. The first kappa shape index (κ1) is 13.4. The first-order valence-corrected chi connectivity index (χ1v) is 6.76. The summed E-state index contributed by atoms with van der Waals surface area (Å²) in [5, 5.41) is 1.93. The number of benzene rings is 1. The van der Waals surface area contributed by atoms with Crippen molar-refractivity contribution in [3.8, 4) is 0 Å².